The molecule has 0 aromatic carbocycles. The van der Waals surface area contributed by atoms with Crippen LogP contribution < -0.4 is 15.4 Å². The summed E-state index contributed by atoms with van der Waals surface area (Å²) in [6.45, 7) is 3.98. The quantitative estimate of drug-likeness (QED) is 0.743. The number of nitrogens with two attached hydrogens (primary N) is 1. The van der Waals surface area contributed by atoms with Gasteiger partial charge < -0.3 is 20.3 Å². The van der Waals surface area contributed by atoms with Crippen molar-refractivity contribution in [3.63, 3.8) is 0 Å². The Kier molecular flexibility index (Phi) is 4.91. The highest BCUT2D eigenvalue weighted by Gasteiger charge is 2.19. The van der Waals surface area contributed by atoms with Gasteiger partial charge in [0, 0.05) is 43.3 Å². The van der Waals surface area contributed by atoms with Gasteiger partial charge in [0.25, 0.3) is 0 Å². The van der Waals surface area contributed by atoms with Crippen molar-refractivity contribution in [3.8, 4) is 27.7 Å². The first-order chi connectivity index (χ1) is 13.2. The number of nitrogen functional groups attached to an aromatic ring is 1. The van der Waals surface area contributed by atoms with E-state index in [4.69, 9.17) is 15.5 Å². The van der Waals surface area contributed by atoms with Gasteiger partial charge >= 0.3 is 0 Å². The predicted octanol–water partition coefficient (Wildman–Crippen LogP) is 2.61. The van der Waals surface area contributed by atoms with Gasteiger partial charge in [0.2, 0.25) is 0 Å². The van der Waals surface area contributed by atoms with Crippen molar-refractivity contribution in [1.82, 2.24) is 19.9 Å². The highest BCUT2D eigenvalue weighted by molar-refractivity contribution is 7.13. The zero-order valence-corrected chi connectivity index (χ0v) is 16.2. The number of aromatic nitrogens is 3. The average molecular weight is 382 g/mol. The summed E-state index contributed by atoms with van der Waals surface area (Å²) in [6.07, 6.45) is 3.61. The molecular weight excluding hydrogens is 360 g/mol. The van der Waals surface area contributed by atoms with Crippen LogP contribution in [0.4, 0.5) is 11.5 Å². The Morgan fingerprint density at radius 2 is 1.96 bits per heavy atom. The molecule has 1 fully saturated rings. The van der Waals surface area contributed by atoms with E-state index in [0.29, 0.717) is 17.3 Å². The summed E-state index contributed by atoms with van der Waals surface area (Å²) in [5, 5.41) is 2.80. The number of thiazole rings is 1. The molecule has 7 nitrogen and oxygen atoms in total. The molecule has 140 valence electrons. The molecule has 0 saturated carbocycles. The van der Waals surface area contributed by atoms with Crippen LogP contribution in [0.25, 0.3) is 22.0 Å². The minimum atomic E-state index is 0.440. The molecule has 1 aliphatic heterocycles. The second-order valence-electron chi connectivity index (χ2n) is 6.50. The van der Waals surface area contributed by atoms with Crippen molar-refractivity contribution in [3.05, 3.63) is 36.0 Å². The van der Waals surface area contributed by atoms with Crippen molar-refractivity contribution < 1.29 is 4.74 Å². The molecule has 4 heterocycles. The van der Waals surface area contributed by atoms with Gasteiger partial charge in [-0.2, -0.15) is 0 Å². The zero-order valence-electron chi connectivity index (χ0n) is 15.4. The first kappa shape index (κ1) is 17.7. The van der Waals surface area contributed by atoms with E-state index >= 15 is 0 Å². The number of likely N-dealkylation sites (N-methyl/N-ethyl adjacent to an activating group) is 1. The summed E-state index contributed by atoms with van der Waals surface area (Å²) in [6, 6.07) is 5.88. The fraction of sp³-hybridized carbons (Fsp3) is 0.316. The van der Waals surface area contributed by atoms with Gasteiger partial charge in [-0.1, -0.05) is 0 Å². The van der Waals surface area contributed by atoms with Gasteiger partial charge in [-0.05, 0) is 25.2 Å². The van der Waals surface area contributed by atoms with Gasteiger partial charge in [-0.15, -0.1) is 11.3 Å². The molecule has 4 rings (SSSR count). The molecule has 1 saturated heterocycles. The number of hydrogen-bond donors (Lipinski definition) is 1. The van der Waals surface area contributed by atoms with Crippen molar-refractivity contribution in [1.29, 1.82) is 0 Å². The molecule has 3 aromatic rings. The zero-order chi connectivity index (χ0) is 18.8. The van der Waals surface area contributed by atoms with Crippen LogP contribution in [0.15, 0.2) is 36.0 Å². The number of ether oxygens (including phenoxy) is 1. The van der Waals surface area contributed by atoms with Gasteiger partial charge in [-0.25, -0.2) is 15.0 Å². The Morgan fingerprint density at radius 1 is 1.15 bits per heavy atom. The van der Waals surface area contributed by atoms with Crippen LogP contribution in [0.2, 0.25) is 0 Å². The summed E-state index contributed by atoms with van der Waals surface area (Å²) in [4.78, 5) is 18.2. The third-order valence-corrected chi connectivity index (χ3v) is 5.55. The molecule has 1 aliphatic rings. The SMILES string of the molecule is COc1ccc(-c2nccs2)nc1-c1cc(N2CCN(C)CC2)cnc1N. The maximum absolute atomic E-state index is 6.22. The summed E-state index contributed by atoms with van der Waals surface area (Å²) in [7, 11) is 3.78. The maximum atomic E-state index is 6.22. The minimum Gasteiger partial charge on any atom is -0.494 e. The van der Waals surface area contributed by atoms with E-state index in [1.165, 1.54) is 0 Å². The van der Waals surface area contributed by atoms with E-state index in [1.807, 2.05) is 23.7 Å². The number of rotatable bonds is 4. The Morgan fingerprint density at radius 3 is 2.67 bits per heavy atom. The first-order valence-electron chi connectivity index (χ1n) is 8.80. The molecule has 2 N–H and O–H groups in total. The van der Waals surface area contributed by atoms with E-state index in [1.54, 1.807) is 24.6 Å². The van der Waals surface area contributed by atoms with E-state index in [-0.39, 0.29) is 0 Å². The number of pyridine rings is 2. The van der Waals surface area contributed by atoms with E-state index in [2.05, 4.69) is 32.9 Å². The Balaban J connectivity index is 1.76. The molecule has 0 amide bonds. The number of anilines is 2. The highest BCUT2D eigenvalue weighted by Crippen LogP contribution is 2.36. The van der Waals surface area contributed by atoms with E-state index < -0.39 is 0 Å². The summed E-state index contributed by atoms with van der Waals surface area (Å²) < 4.78 is 5.54. The lowest BCUT2D eigenvalue weighted by atomic mass is 10.1. The van der Waals surface area contributed by atoms with Crippen molar-refractivity contribution >= 4 is 22.8 Å². The molecule has 8 heteroatoms. The van der Waals surface area contributed by atoms with Crippen LogP contribution in [-0.4, -0.2) is 60.2 Å². The fourth-order valence-corrected chi connectivity index (χ4v) is 3.77. The number of hydrogen-bond acceptors (Lipinski definition) is 8. The summed E-state index contributed by atoms with van der Waals surface area (Å²) >= 11 is 1.55. The topological polar surface area (TPSA) is 80.4 Å². The third kappa shape index (κ3) is 3.58. The third-order valence-electron chi connectivity index (χ3n) is 4.76. The van der Waals surface area contributed by atoms with Crippen LogP contribution in [0, 0.1) is 0 Å². The minimum absolute atomic E-state index is 0.440. The van der Waals surface area contributed by atoms with Crippen LogP contribution in [0.1, 0.15) is 0 Å². The standard InChI is InChI=1S/C19H22N6OS/c1-24-6-8-25(9-7-24)13-11-14(18(20)22-12-13)17-16(26-2)4-3-15(23-17)19-21-5-10-27-19/h3-5,10-12H,6-9H2,1-2H3,(H2,20,22). The first-order valence-corrected chi connectivity index (χ1v) is 9.68. The highest BCUT2D eigenvalue weighted by atomic mass is 32.1. The Labute approximate surface area is 162 Å². The average Bonchev–Trinajstić information content (AvgIpc) is 3.23. The summed E-state index contributed by atoms with van der Waals surface area (Å²) in [5.41, 5.74) is 9.53. The smallest absolute Gasteiger partial charge is 0.145 e. The van der Waals surface area contributed by atoms with Crippen LogP contribution in [0.3, 0.4) is 0 Å². The fourth-order valence-electron chi connectivity index (χ4n) is 3.16. The number of piperazine rings is 1. The van der Waals surface area contributed by atoms with Crippen molar-refractivity contribution in [2.75, 3.05) is 51.0 Å². The number of nitrogens with zero attached hydrogens (tertiary/aromatic N) is 5. The van der Waals surface area contributed by atoms with Gasteiger partial charge in [0.05, 0.1) is 24.7 Å². The lowest BCUT2D eigenvalue weighted by Crippen LogP contribution is -2.44. The molecule has 0 spiro atoms. The lowest BCUT2D eigenvalue weighted by Gasteiger charge is -2.34. The molecule has 0 aliphatic carbocycles. The van der Waals surface area contributed by atoms with Crippen molar-refractivity contribution in [2.24, 2.45) is 0 Å². The second kappa shape index (κ2) is 7.50. The van der Waals surface area contributed by atoms with Gasteiger partial charge in [0.1, 0.15) is 22.3 Å². The normalized spacial score (nSPS) is 15.1. The van der Waals surface area contributed by atoms with Gasteiger partial charge in [-0.3, -0.25) is 0 Å². The summed E-state index contributed by atoms with van der Waals surface area (Å²) in [5.74, 6) is 1.11. The lowest BCUT2D eigenvalue weighted by molar-refractivity contribution is 0.313. The van der Waals surface area contributed by atoms with Crippen LogP contribution in [0.5, 0.6) is 5.75 Å². The monoisotopic (exact) mass is 382 g/mol. The van der Waals surface area contributed by atoms with E-state index in [0.717, 1.165) is 48.1 Å². The largest absolute Gasteiger partial charge is 0.494 e. The van der Waals surface area contributed by atoms with Crippen LogP contribution >= 0.6 is 11.3 Å². The predicted molar refractivity (Wildman–Crippen MR) is 109 cm³/mol. The van der Waals surface area contributed by atoms with Crippen molar-refractivity contribution in [2.45, 2.75) is 0 Å². The Hall–Kier alpha value is -2.71. The second-order valence-corrected chi connectivity index (χ2v) is 7.40. The van der Waals surface area contributed by atoms with Gasteiger partial charge in [0.15, 0.2) is 0 Å². The van der Waals surface area contributed by atoms with Crippen LogP contribution in [-0.2, 0) is 0 Å². The molecule has 27 heavy (non-hydrogen) atoms. The molecular formula is C19H22N6OS. The molecule has 0 unspecified atom stereocenters. The Bertz CT molecular complexity index is 922. The molecule has 0 atom stereocenters. The maximum Gasteiger partial charge on any atom is 0.145 e. The number of methoxy groups -OCH3 is 1. The molecule has 0 radical (unpaired) electrons. The molecule has 3 aromatic heterocycles. The molecule has 0 bridgehead atoms. The van der Waals surface area contributed by atoms with E-state index in [9.17, 15) is 0 Å².